The average molecular weight is 512 g/mol. The molecule has 0 fully saturated rings. The molecule has 2 N–H and O–H groups in total. The van der Waals surface area contributed by atoms with Crippen molar-refractivity contribution in [1.29, 1.82) is 0 Å². The quantitative estimate of drug-likeness (QED) is 0.281. The van der Waals surface area contributed by atoms with Crippen LogP contribution in [0.2, 0.25) is 0 Å². The first-order valence-electron chi connectivity index (χ1n) is 11.1. The zero-order valence-electron chi connectivity index (χ0n) is 20.6. The van der Waals surface area contributed by atoms with Crippen molar-refractivity contribution in [1.82, 2.24) is 20.1 Å². The van der Waals surface area contributed by atoms with Crippen LogP contribution in [0.1, 0.15) is 18.3 Å². The Morgan fingerprint density at radius 3 is 2.56 bits per heavy atom. The second-order valence-corrected chi connectivity index (χ2v) is 8.32. The highest BCUT2D eigenvalue weighted by Gasteiger charge is 2.14. The van der Waals surface area contributed by atoms with Crippen LogP contribution in [0, 0.1) is 0 Å². The number of hydrogen-bond acceptors (Lipinski definition) is 8. The molecule has 11 heteroatoms. The van der Waals surface area contributed by atoms with Gasteiger partial charge in [-0.1, -0.05) is 23.9 Å². The van der Waals surface area contributed by atoms with E-state index in [2.05, 4.69) is 20.8 Å². The van der Waals surface area contributed by atoms with Crippen molar-refractivity contribution in [3.05, 3.63) is 59.9 Å². The Hall–Kier alpha value is -3.99. The van der Waals surface area contributed by atoms with Crippen molar-refractivity contribution >= 4 is 35.3 Å². The molecule has 0 unspecified atom stereocenters. The van der Waals surface area contributed by atoms with E-state index in [1.807, 2.05) is 17.6 Å². The van der Waals surface area contributed by atoms with E-state index >= 15 is 0 Å². The number of carbonyl (C=O) groups excluding carboxylic acids is 2. The number of anilines is 1. The van der Waals surface area contributed by atoms with E-state index in [-0.39, 0.29) is 24.1 Å². The zero-order chi connectivity index (χ0) is 25.9. The van der Waals surface area contributed by atoms with Crippen molar-refractivity contribution in [2.45, 2.75) is 25.2 Å². The first-order chi connectivity index (χ1) is 17.5. The Balaban J connectivity index is 1.53. The Bertz CT molecular complexity index is 1230. The minimum absolute atomic E-state index is 0.162. The highest BCUT2D eigenvalue weighted by molar-refractivity contribution is 7.99. The predicted molar refractivity (Wildman–Crippen MR) is 138 cm³/mol. The summed E-state index contributed by atoms with van der Waals surface area (Å²) in [6, 6.07) is 12.5. The van der Waals surface area contributed by atoms with Gasteiger partial charge in [0.2, 0.25) is 11.8 Å². The second-order valence-electron chi connectivity index (χ2n) is 7.38. The van der Waals surface area contributed by atoms with Gasteiger partial charge in [0.15, 0.2) is 22.5 Å². The first-order valence-corrected chi connectivity index (χ1v) is 12.1. The lowest BCUT2D eigenvalue weighted by atomic mass is 10.2. The Labute approximate surface area is 214 Å². The van der Waals surface area contributed by atoms with Gasteiger partial charge < -0.3 is 29.4 Å². The van der Waals surface area contributed by atoms with Gasteiger partial charge >= 0.3 is 0 Å². The summed E-state index contributed by atoms with van der Waals surface area (Å²) in [6.45, 7) is 2.75. The molecule has 0 saturated heterocycles. The van der Waals surface area contributed by atoms with Crippen LogP contribution in [-0.4, -0.2) is 53.7 Å². The van der Waals surface area contributed by atoms with E-state index in [0.717, 1.165) is 5.56 Å². The van der Waals surface area contributed by atoms with Crippen molar-refractivity contribution in [2.24, 2.45) is 0 Å². The minimum Gasteiger partial charge on any atom is -0.497 e. The van der Waals surface area contributed by atoms with Crippen LogP contribution in [0.15, 0.2) is 53.7 Å². The molecule has 0 aliphatic rings. The summed E-state index contributed by atoms with van der Waals surface area (Å²) in [7, 11) is 4.70. The lowest BCUT2D eigenvalue weighted by Crippen LogP contribution is -2.22. The maximum absolute atomic E-state index is 12.4. The fourth-order valence-corrected chi connectivity index (χ4v) is 4.08. The number of methoxy groups -OCH3 is 3. The summed E-state index contributed by atoms with van der Waals surface area (Å²) in [5.41, 5.74) is 1.45. The van der Waals surface area contributed by atoms with E-state index in [9.17, 15) is 9.59 Å². The Kier molecular flexibility index (Phi) is 9.75. The number of aromatic nitrogens is 3. The molecule has 0 bridgehead atoms. The molecule has 0 spiro atoms. The van der Waals surface area contributed by atoms with Gasteiger partial charge in [-0.3, -0.25) is 9.59 Å². The molecule has 0 aliphatic carbocycles. The third-order valence-electron chi connectivity index (χ3n) is 5.05. The summed E-state index contributed by atoms with van der Waals surface area (Å²) in [4.78, 5) is 24.7. The van der Waals surface area contributed by atoms with E-state index in [1.165, 1.54) is 17.8 Å². The number of nitrogens with one attached hydrogen (secondary N) is 2. The molecule has 2 aromatic carbocycles. The Morgan fingerprint density at radius 1 is 1.03 bits per heavy atom. The number of hydrogen-bond donors (Lipinski definition) is 2. The van der Waals surface area contributed by atoms with E-state index in [0.29, 0.717) is 40.5 Å². The van der Waals surface area contributed by atoms with Crippen LogP contribution in [-0.2, 0) is 22.7 Å². The van der Waals surface area contributed by atoms with Crippen LogP contribution in [0.25, 0.3) is 6.08 Å². The summed E-state index contributed by atoms with van der Waals surface area (Å²) in [5, 5.41) is 14.6. The van der Waals surface area contributed by atoms with Gasteiger partial charge in [0.25, 0.3) is 0 Å². The molecule has 36 heavy (non-hydrogen) atoms. The monoisotopic (exact) mass is 511 g/mol. The van der Waals surface area contributed by atoms with Crippen LogP contribution in [0.4, 0.5) is 5.69 Å². The maximum atomic E-state index is 12.4. The molecule has 0 atom stereocenters. The number of nitrogens with zero attached hydrogens (tertiary/aromatic N) is 3. The molecule has 0 aliphatic heterocycles. The third-order valence-corrected chi connectivity index (χ3v) is 6.02. The van der Waals surface area contributed by atoms with Gasteiger partial charge in [0, 0.05) is 24.4 Å². The van der Waals surface area contributed by atoms with Crippen LogP contribution in [0.3, 0.4) is 0 Å². The van der Waals surface area contributed by atoms with Gasteiger partial charge in [0.1, 0.15) is 5.75 Å². The average Bonchev–Trinajstić information content (AvgIpc) is 3.31. The molecular weight excluding hydrogens is 482 g/mol. The van der Waals surface area contributed by atoms with E-state index < -0.39 is 0 Å². The van der Waals surface area contributed by atoms with E-state index in [1.54, 1.807) is 63.8 Å². The third kappa shape index (κ3) is 7.25. The van der Waals surface area contributed by atoms with Gasteiger partial charge in [-0.05, 0) is 42.8 Å². The molecule has 190 valence electrons. The van der Waals surface area contributed by atoms with Crippen LogP contribution in [0.5, 0.6) is 17.2 Å². The van der Waals surface area contributed by atoms with Crippen LogP contribution >= 0.6 is 11.8 Å². The predicted octanol–water partition coefficient (Wildman–Crippen LogP) is 3.38. The molecule has 3 aromatic rings. The van der Waals surface area contributed by atoms with Crippen molar-refractivity contribution < 1.29 is 23.8 Å². The summed E-state index contributed by atoms with van der Waals surface area (Å²) in [6.07, 6.45) is 3.12. The number of amides is 2. The summed E-state index contributed by atoms with van der Waals surface area (Å²) in [5.74, 6) is 2.17. The SMILES string of the molecule is CCn1c(CNC(=O)/C=C/c2ccc(OC)c(OC)c2)nnc1SCC(=O)Nc1cccc(OC)c1. The Morgan fingerprint density at radius 2 is 1.83 bits per heavy atom. The van der Waals surface area contributed by atoms with Crippen molar-refractivity contribution in [2.75, 3.05) is 32.4 Å². The molecule has 0 saturated carbocycles. The highest BCUT2D eigenvalue weighted by atomic mass is 32.2. The van der Waals surface area contributed by atoms with Crippen molar-refractivity contribution in [3.8, 4) is 17.2 Å². The molecule has 1 aromatic heterocycles. The second kappa shape index (κ2) is 13.2. The molecule has 2 amide bonds. The highest BCUT2D eigenvalue weighted by Crippen LogP contribution is 2.28. The normalized spacial score (nSPS) is 10.8. The standard InChI is InChI=1S/C25H29N5O5S/c1-5-30-22(15-26-23(31)12-10-17-9-11-20(34-3)21(13-17)35-4)28-29-25(30)36-16-24(32)27-18-7-6-8-19(14-18)33-2/h6-14H,5,15-16H2,1-4H3,(H,26,31)(H,27,32)/b12-10+. The number of benzene rings is 2. The van der Waals surface area contributed by atoms with Crippen molar-refractivity contribution in [3.63, 3.8) is 0 Å². The molecule has 10 nitrogen and oxygen atoms in total. The molecule has 3 rings (SSSR count). The van der Waals surface area contributed by atoms with E-state index in [4.69, 9.17) is 14.2 Å². The number of carbonyl (C=O) groups is 2. The number of rotatable bonds is 12. The topological polar surface area (TPSA) is 117 Å². The fraction of sp³-hybridized carbons (Fsp3) is 0.280. The lowest BCUT2D eigenvalue weighted by Gasteiger charge is -2.09. The fourth-order valence-electron chi connectivity index (χ4n) is 3.26. The summed E-state index contributed by atoms with van der Waals surface area (Å²) >= 11 is 1.28. The van der Waals surface area contributed by atoms with Crippen LogP contribution < -0.4 is 24.8 Å². The number of thioether (sulfide) groups is 1. The van der Waals surface area contributed by atoms with Gasteiger partial charge in [0.05, 0.1) is 33.6 Å². The molecule has 0 radical (unpaired) electrons. The largest absolute Gasteiger partial charge is 0.497 e. The maximum Gasteiger partial charge on any atom is 0.244 e. The van der Waals surface area contributed by atoms with Gasteiger partial charge in [-0.25, -0.2) is 0 Å². The molecule has 1 heterocycles. The number of ether oxygens (including phenoxy) is 3. The van der Waals surface area contributed by atoms with Gasteiger partial charge in [-0.2, -0.15) is 0 Å². The smallest absolute Gasteiger partial charge is 0.244 e. The zero-order valence-corrected chi connectivity index (χ0v) is 21.4. The first kappa shape index (κ1) is 26.6. The van der Waals surface area contributed by atoms with Gasteiger partial charge in [-0.15, -0.1) is 10.2 Å². The molecular formula is C25H29N5O5S. The lowest BCUT2D eigenvalue weighted by molar-refractivity contribution is -0.116. The minimum atomic E-state index is -0.276. The summed E-state index contributed by atoms with van der Waals surface area (Å²) < 4.78 is 17.5.